The molecule has 8 heteroatoms. The van der Waals surface area contributed by atoms with E-state index >= 15 is 0 Å². The molecule has 4 rings (SSSR count). The van der Waals surface area contributed by atoms with Gasteiger partial charge in [0.1, 0.15) is 17.3 Å². The van der Waals surface area contributed by atoms with E-state index in [4.69, 9.17) is 9.47 Å². The molecule has 1 aromatic heterocycles. The maximum atomic E-state index is 13.4. The number of hydrogen-bond acceptors (Lipinski definition) is 5. The molecule has 0 fully saturated rings. The number of nitrogens with one attached hydrogen (secondary N) is 1. The van der Waals surface area contributed by atoms with Gasteiger partial charge < -0.3 is 14.8 Å². The molecule has 0 aliphatic carbocycles. The number of amides is 1. The zero-order chi connectivity index (χ0) is 22.5. The second kappa shape index (κ2) is 9.57. The van der Waals surface area contributed by atoms with E-state index in [-0.39, 0.29) is 12.5 Å². The molecule has 1 N–H and O–H groups in total. The summed E-state index contributed by atoms with van der Waals surface area (Å²) in [4.78, 5) is 16.9. The molecule has 0 aliphatic rings. The average Bonchev–Trinajstić information content (AvgIpc) is 3.31. The Kier molecular flexibility index (Phi) is 6.42. The summed E-state index contributed by atoms with van der Waals surface area (Å²) in [6.07, 6.45) is 0. The zero-order valence-electron chi connectivity index (χ0n) is 17.0. The molecule has 1 heterocycles. The van der Waals surface area contributed by atoms with Gasteiger partial charge in [0.15, 0.2) is 23.1 Å². The topological polar surface area (TPSA) is 60.5 Å². The predicted octanol–water partition coefficient (Wildman–Crippen LogP) is 5.93. The van der Waals surface area contributed by atoms with Crippen LogP contribution in [0.15, 0.2) is 72.1 Å². The summed E-state index contributed by atoms with van der Waals surface area (Å²) in [5.74, 6) is -1.23. The molecular weight excluding hydrogens is 434 g/mol. The number of nitrogens with zero attached hydrogens (tertiary/aromatic N) is 1. The standard InChI is InChI=1S/C24H18F2N2O3S/c1-30-22-12-16(8-10-21(22)31-13-15-7-9-18(25)19(26)11-15)24-28-20(14-32-24)23(29)27-17-5-3-2-4-6-17/h2-12,14H,13H2,1H3,(H,27,29). The number of anilines is 1. The Balaban J connectivity index is 1.47. The van der Waals surface area contributed by atoms with E-state index < -0.39 is 11.6 Å². The lowest BCUT2D eigenvalue weighted by Gasteiger charge is -2.12. The maximum Gasteiger partial charge on any atom is 0.275 e. The lowest BCUT2D eigenvalue weighted by Crippen LogP contribution is -2.12. The SMILES string of the molecule is COc1cc(-c2nc(C(=O)Nc3ccccc3)cs2)ccc1OCc1ccc(F)c(F)c1. The number of aromatic nitrogens is 1. The van der Waals surface area contributed by atoms with Crippen molar-refractivity contribution in [2.75, 3.05) is 12.4 Å². The van der Waals surface area contributed by atoms with Crippen molar-refractivity contribution in [1.82, 2.24) is 4.98 Å². The van der Waals surface area contributed by atoms with Crippen molar-refractivity contribution >= 4 is 22.9 Å². The minimum atomic E-state index is -0.927. The van der Waals surface area contributed by atoms with Crippen LogP contribution in [0.4, 0.5) is 14.5 Å². The van der Waals surface area contributed by atoms with Gasteiger partial charge in [-0.2, -0.15) is 0 Å². The van der Waals surface area contributed by atoms with E-state index in [1.165, 1.54) is 24.5 Å². The fraction of sp³-hybridized carbons (Fsp3) is 0.0833. The van der Waals surface area contributed by atoms with Crippen LogP contribution in [-0.2, 0) is 6.61 Å². The Bertz CT molecular complexity index is 1250. The van der Waals surface area contributed by atoms with E-state index in [1.807, 2.05) is 18.2 Å². The minimum Gasteiger partial charge on any atom is -0.493 e. The van der Waals surface area contributed by atoms with Crippen LogP contribution in [0.2, 0.25) is 0 Å². The molecule has 0 saturated carbocycles. The number of para-hydroxylation sites is 1. The highest BCUT2D eigenvalue weighted by molar-refractivity contribution is 7.13. The molecule has 162 valence electrons. The van der Waals surface area contributed by atoms with Gasteiger partial charge in [0.25, 0.3) is 5.91 Å². The first-order chi connectivity index (χ1) is 15.5. The van der Waals surface area contributed by atoms with Crippen molar-refractivity contribution in [1.29, 1.82) is 0 Å². The average molecular weight is 452 g/mol. The van der Waals surface area contributed by atoms with E-state index in [2.05, 4.69) is 10.3 Å². The Morgan fingerprint density at radius 3 is 2.56 bits per heavy atom. The molecule has 0 bridgehead atoms. The van der Waals surface area contributed by atoms with Gasteiger partial charge in [-0.3, -0.25) is 4.79 Å². The monoisotopic (exact) mass is 452 g/mol. The Morgan fingerprint density at radius 1 is 1.00 bits per heavy atom. The second-order valence-corrected chi connectivity index (χ2v) is 7.62. The van der Waals surface area contributed by atoms with Crippen molar-refractivity contribution < 1.29 is 23.0 Å². The summed E-state index contributed by atoms with van der Waals surface area (Å²) in [6, 6.07) is 18.0. The number of ether oxygens (including phenoxy) is 2. The summed E-state index contributed by atoms with van der Waals surface area (Å²) in [7, 11) is 1.50. The highest BCUT2D eigenvalue weighted by Gasteiger charge is 2.14. The van der Waals surface area contributed by atoms with Crippen molar-refractivity contribution in [3.05, 3.63) is 95.0 Å². The summed E-state index contributed by atoms with van der Waals surface area (Å²) >= 11 is 1.33. The van der Waals surface area contributed by atoms with E-state index in [0.29, 0.717) is 33.5 Å². The first-order valence-corrected chi connectivity index (χ1v) is 10.5. The Hall–Kier alpha value is -3.78. The number of hydrogen-bond donors (Lipinski definition) is 1. The van der Waals surface area contributed by atoms with Gasteiger partial charge in [-0.1, -0.05) is 24.3 Å². The first kappa shape index (κ1) is 21.5. The zero-order valence-corrected chi connectivity index (χ0v) is 17.8. The lowest BCUT2D eigenvalue weighted by molar-refractivity contribution is 0.102. The van der Waals surface area contributed by atoms with Crippen LogP contribution in [0.5, 0.6) is 11.5 Å². The van der Waals surface area contributed by atoms with Crippen LogP contribution in [0.25, 0.3) is 10.6 Å². The summed E-state index contributed by atoms with van der Waals surface area (Å²) < 4.78 is 37.6. The van der Waals surface area contributed by atoms with Crippen LogP contribution < -0.4 is 14.8 Å². The maximum absolute atomic E-state index is 13.4. The van der Waals surface area contributed by atoms with E-state index in [9.17, 15) is 13.6 Å². The summed E-state index contributed by atoms with van der Waals surface area (Å²) in [5.41, 5.74) is 2.25. The Labute approximate surface area is 187 Å². The van der Waals surface area contributed by atoms with Crippen molar-refractivity contribution in [3.63, 3.8) is 0 Å². The third-order valence-electron chi connectivity index (χ3n) is 4.56. The van der Waals surface area contributed by atoms with Crippen molar-refractivity contribution in [2.45, 2.75) is 6.61 Å². The van der Waals surface area contributed by atoms with Crippen LogP contribution in [0, 0.1) is 11.6 Å². The molecule has 0 saturated heterocycles. The van der Waals surface area contributed by atoms with Gasteiger partial charge >= 0.3 is 0 Å². The summed E-state index contributed by atoms with van der Waals surface area (Å²) in [5, 5.41) is 5.14. The molecule has 0 atom stereocenters. The third kappa shape index (κ3) is 4.92. The van der Waals surface area contributed by atoms with Crippen LogP contribution >= 0.6 is 11.3 Å². The largest absolute Gasteiger partial charge is 0.493 e. The molecular formula is C24H18F2N2O3S. The highest BCUT2D eigenvalue weighted by atomic mass is 32.1. The number of methoxy groups -OCH3 is 1. The van der Waals surface area contributed by atoms with Crippen molar-refractivity contribution in [2.24, 2.45) is 0 Å². The molecule has 1 amide bonds. The van der Waals surface area contributed by atoms with Crippen molar-refractivity contribution in [3.8, 4) is 22.1 Å². The van der Waals surface area contributed by atoms with Crippen LogP contribution in [0.3, 0.4) is 0 Å². The fourth-order valence-electron chi connectivity index (χ4n) is 2.94. The number of rotatable bonds is 7. The van der Waals surface area contributed by atoms with Gasteiger partial charge in [-0.25, -0.2) is 13.8 Å². The molecule has 0 unspecified atom stereocenters. The van der Waals surface area contributed by atoms with Gasteiger partial charge in [-0.05, 0) is 48.0 Å². The third-order valence-corrected chi connectivity index (χ3v) is 5.45. The number of benzene rings is 3. The van der Waals surface area contributed by atoms with Gasteiger partial charge in [0.05, 0.1) is 7.11 Å². The van der Waals surface area contributed by atoms with Gasteiger partial charge in [0, 0.05) is 16.6 Å². The molecule has 0 radical (unpaired) electrons. The minimum absolute atomic E-state index is 0.0496. The first-order valence-electron chi connectivity index (χ1n) is 9.60. The van der Waals surface area contributed by atoms with Gasteiger partial charge in [0.2, 0.25) is 0 Å². The lowest BCUT2D eigenvalue weighted by atomic mass is 10.2. The number of halogens is 2. The normalized spacial score (nSPS) is 10.6. The molecule has 5 nitrogen and oxygen atoms in total. The molecule has 3 aromatic carbocycles. The van der Waals surface area contributed by atoms with Crippen LogP contribution in [-0.4, -0.2) is 18.0 Å². The fourth-order valence-corrected chi connectivity index (χ4v) is 3.73. The number of thiazole rings is 1. The Morgan fingerprint density at radius 2 is 1.81 bits per heavy atom. The van der Waals surface area contributed by atoms with E-state index in [1.54, 1.807) is 35.7 Å². The molecule has 32 heavy (non-hydrogen) atoms. The van der Waals surface area contributed by atoms with E-state index in [0.717, 1.165) is 17.7 Å². The van der Waals surface area contributed by atoms with Crippen LogP contribution in [0.1, 0.15) is 16.1 Å². The quantitative estimate of drug-likeness (QED) is 0.378. The number of carbonyl (C=O) groups excluding carboxylic acids is 1. The van der Waals surface area contributed by atoms with Gasteiger partial charge in [-0.15, -0.1) is 11.3 Å². The predicted molar refractivity (Wildman–Crippen MR) is 119 cm³/mol. The molecule has 0 aliphatic heterocycles. The molecule has 0 spiro atoms. The highest BCUT2D eigenvalue weighted by Crippen LogP contribution is 2.34. The smallest absolute Gasteiger partial charge is 0.275 e. The summed E-state index contributed by atoms with van der Waals surface area (Å²) in [6.45, 7) is 0.0496. The number of carbonyl (C=O) groups is 1. The molecule has 4 aromatic rings. The second-order valence-electron chi connectivity index (χ2n) is 6.76.